The summed E-state index contributed by atoms with van der Waals surface area (Å²) < 4.78 is 12.7. The van der Waals surface area contributed by atoms with Crippen LogP contribution < -0.4 is 14.8 Å². The molecule has 0 unspecified atom stereocenters. The summed E-state index contributed by atoms with van der Waals surface area (Å²) in [5.41, 5.74) is 2.94. The molecule has 9 nitrogen and oxygen atoms in total. The van der Waals surface area contributed by atoms with Crippen LogP contribution in [0.2, 0.25) is 0 Å². The Morgan fingerprint density at radius 2 is 1.90 bits per heavy atom. The molecule has 2 aromatic heterocycles. The molecule has 3 heterocycles. The zero-order valence-electron chi connectivity index (χ0n) is 15.0. The lowest BCUT2D eigenvalue weighted by atomic mass is 10.1. The van der Waals surface area contributed by atoms with Gasteiger partial charge < -0.3 is 9.47 Å². The highest BCUT2D eigenvalue weighted by Gasteiger charge is 2.15. The predicted octanol–water partition coefficient (Wildman–Crippen LogP) is 2.81. The van der Waals surface area contributed by atoms with E-state index in [4.69, 9.17) is 9.47 Å². The second kappa shape index (κ2) is 7.32. The molecule has 0 atom stereocenters. The minimum absolute atomic E-state index is 0.240. The van der Waals surface area contributed by atoms with Crippen molar-refractivity contribution in [1.82, 2.24) is 25.2 Å². The summed E-state index contributed by atoms with van der Waals surface area (Å²) in [6.45, 7) is 1.08. The van der Waals surface area contributed by atoms with E-state index in [9.17, 15) is 4.79 Å². The summed E-state index contributed by atoms with van der Waals surface area (Å²) in [4.78, 5) is 17.0. The van der Waals surface area contributed by atoms with Gasteiger partial charge in [0.2, 0.25) is 0 Å². The highest BCUT2D eigenvalue weighted by Crippen LogP contribution is 2.35. The number of nitrogens with zero attached hydrogens (tertiary/aromatic N) is 5. The third kappa shape index (κ3) is 3.52. The lowest BCUT2D eigenvalue weighted by molar-refractivity contribution is 0.102. The molecule has 144 valence electrons. The highest BCUT2D eigenvalue weighted by molar-refractivity contribution is 7.14. The molecule has 1 aliphatic heterocycles. The minimum atomic E-state index is -0.240. The molecule has 0 fully saturated rings. The van der Waals surface area contributed by atoms with Gasteiger partial charge in [-0.1, -0.05) is 0 Å². The Kier molecular flexibility index (Phi) is 4.37. The van der Waals surface area contributed by atoms with Crippen LogP contribution in [0.1, 0.15) is 10.4 Å². The van der Waals surface area contributed by atoms with E-state index >= 15 is 0 Å². The molecule has 2 aromatic carbocycles. The second-order valence-electron chi connectivity index (χ2n) is 6.15. The van der Waals surface area contributed by atoms with Crippen molar-refractivity contribution in [3.8, 4) is 28.4 Å². The number of benzene rings is 2. The number of fused-ring (bicyclic) bond motifs is 1. The molecule has 0 spiro atoms. The molecule has 1 amide bonds. The van der Waals surface area contributed by atoms with Gasteiger partial charge in [-0.15, -0.1) is 16.4 Å². The van der Waals surface area contributed by atoms with Crippen LogP contribution in [-0.2, 0) is 0 Å². The molecule has 29 heavy (non-hydrogen) atoms. The van der Waals surface area contributed by atoms with Crippen molar-refractivity contribution in [2.45, 2.75) is 0 Å². The average Bonchev–Trinajstić information content (AvgIpc) is 3.46. The summed E-state index contributed by atoms with van der Waals surface area (Å²) >= 11 is 1.36. The molecule has 1 aliphatic rings. The van der Waals surface area contributed by atoms with Gasteiger partial charge in [-0.25, -0.2) is 9.67 Å². The number of anilines is 1. The van der Waals surface area contributed by atoms with E-state index in [1.807, 2.05) is 23.6 Å². The van der Waals surface area contributed by atoms with E-state index < -0.39 is 0 Å². The number of ether oxygens (including phenoxy) is 2. The Labute approximate surface area is 168 Å². The van der Waals surface area contributed by atoms with Crippen LogP contribution in [0.15, 0.2) is 54.2 Å². The largest absolute Gasteiger partial charge is 0.486 e. The third-order valence-corrected chi connectivity index (χ3v) is 5.06. The first kappa shape index (κ1) is 17.3. The van der Waals surface area contributed by atoms with Crippen LogP contribution in [0, 0.1) is 0 Å². The normalized spacial score (nSPS) is 12.6. The fraction of sp³-hybridized carbons (Fsp3) is 0.105. The molecule has 0 bridgehead atoms. The maximum absolute atomic E-state index is 12.5. The number of nitrogens with one attached hydrogen (secondary N) is 1. The average molecular weight is 406 g/mol. The van der Waals surface area contributed by atoms with Gasteiger partial charge in [0.1, 0.15) is 19.5 Å². The Morgan fingerprint density at radius 1 is 1.07 bits per heavy atom. The zero-order chi connectivity index (χ0) is 19.6. The molecule has 0 saturated carbocycles. The second-order valence-corrected chi connectivity index (χ2v) is 7.01. The van der Waals surface area contributed by atoms with Crippen molar-refractivity contribution in [3.05, 3.63) is 59.7 Å². The molecule has 4 aromatic rings. The number of hydrogen-bond acceptors (Lipinski definition) is 8. The first-order chi connectivity index (χ1) is 14.3. The van der Waals surface area contributed by atoms with E-state index in [2.05, 4.69) is 25.8 Å². The van der Waals surface area contributed by atoms with Gasteiger partial charge in [-0.2, -0.15) is 0 Å². The van der Waals surface area contributed by atoms with Crippen molar-refractivity contribution in [1.29, 1.82) is 0 Å². The zero-order valence-corrected chi connectivity index (χ0v) is 15.8. The van der Waals surface area contributed by atoms with Gasteiger partial charge in [0, 0.05) is 16.5 Å². The fourth-order valence-electron chi connectivity index (χ4n) is 2.88. The number of thiazole rings is 1. The summed E-state index contributed by atoms with van der Waals surface area (Å²) in [7, 11) is 0. The number of tetrazole rings is 1. The SMILES string of the molecule is O=C(Nc1nc(-c2ccc3c(c2)OCCO3)cs1)c1ccc(-n2cnnn2)cc1. The molecular formula is C19H14N6O3S. The van der Waals surface area contributed by atoms with Gasteiger partial charge >= 0.3 is 0 Å². The van der Waals surface area contributed by atoms with E-state index in [1.54, 1.807) is 24.3 Å². The van der Waals surface area contributed by atoms with Crippen molar-refractivity contribution < 1.29 is 14.3 Å². The Balaban J connectivity index is 1.30. The molecular weight excluding hydrogens is 392 g/mol. The maximum atomic E-state index is 12.5. The maximum Gasteiger partial charge on any atom is 0.257 e. The Morgan fingerprint density at radius 3 is 2.69 bits per heavy atom. The van der Waals surface area contributed by atoms with Gasteiger partial charge in [0.05, 0.1) is 11.4 Å². The van der Waals surface area contributed by atoms with Crippen molar-refractivity contribution in [3.63, 3.8) is 0 Å². The van der Waals surface area contributed by atoms with Crippen LogP contribution in [0.25, 0.3) is 16.9 Å². The number of amides is 1. The Hall–Kier alpha value is -3.79. The Bertz CT molecular complexity index is 1160. The van der Waals surface area contributed by atoms with E-state index in [0.717, 1.165) is 22.7 Å². The molecule has 5 rings (SSSR count). The van der Waals surface area contributed by atoms with Crippen LogP contribution >= 0.6 is 11.3 Å². The first-order valence-corrected chi connectivity index (χ1v) is 9.64. The molecule has 0 saturated heterocycles. The molecule has 0 radical (unpaired) electrons. The van der Waals surface area contributed by atoms with Crippen molar-refractivity contribution >= 4 is 22.4 Å². The van der Waals surface area contributed by atoms with E-state index in [1.165, 1.54) is 22.3 Å². The number of carbonyl (C=O) groups excluding carboxylic acids is 1. The van der Waals surface area contributed by atoms with Gasteiger partial charge in [0.25, 0.3) is 5.91 Å². The molecule has 1 N–H and O–H groups in total. The van der Waals surface area contributed by atoms with Crippen molar-refractivity contribution in [2.75, 3.05) is 18.5 Å². The number of aromatic nitrogens is 5. The van der Waals surface area contributed by atoms with Crippen LogP contribution in [-0.4, -0.2) is 44.3 Å². The third-order valence-electron chi connectivity index (χ3n) is 4.31. The smallest absolute Gasteiger partial charge is 0.257 e. The topological polar surface area (TPSA) is 104 Å². The predicted molar refractivity (Wildman–Crippen MR) is 106 cm³/mol. The minimum Gasteiger partial charge on any atom is -0.486 e. The lowest BCUT2D eigenvalue weighted by Crippen LogP contribution is -2.15. The van der Waals surface area contributed by atoms with E-state index in [0.29, 0.717) is 29.7 Å². The number of carbonyl (C=O) groups is 1. The van der Waals surface area contributed by atoms with Gasteiger partial charge in [0.15, 0.2) is 16.6 Å². The first-order valence-electron chi connectivity index (χ1n) is 8.76. The summed E-state index contributed by atoms with van der Waals surface area (Å²) in [5, 5.41) is 16.2. The van der Waals surface area contributed by atoms with Crippen LogP contribution in [0.5, 0.6) is 11.5 Å². The van der Waals surface area contributed by atoms with Gasteiger partial charge in [-0.3, -0.25) is 10.1 Å². The molecule has 0 aliphatic carbocycles. The number of rotatable bonds is 4. The van der Waals surface area contributed by atoms with Crippen LogP contribution in [0.4, 0.5) is 5.13 Å². The van der Waals surface area contributed by atoms with Crippen molar-refractivity contribution in [2.24, 2.45) is 0 Å². The highest BCUT2D eigenvalue weighted by atomic mass is 32.1. The monoisotopic (exact) mass is 406 g/mol. The molecule has 10 heteroatoms. The quantitative estimate of drug-likeness (QED) is 0.556. The summed E-state index contributed by atoms with van der Waals surface area (Å²) in [6, 6.07) is 12.7. The summed E-state index contributed by atoms with van der Waals surface area (Å²) in [5.74, 6) is 1.19. The summed E-state index contributed by atoms with van der Waals surface area (Å²) in [6.07, 6.45) is 1.49. The van der Waals surface area contributed by atoms with Gasteiger partial charge in [-0.05, 0) is 52.9 Å². The lowest BCUT2D eigenvalue weighted by Gasteiger charge is -2.18. The van der Waals surface area contributed by atoms with E-state index in [-0.39, 0.29) is 5.91 Å². The van der Waals surface area contributed by atoms with Crippen LogP contribution in [0.3, 0.4) is 0 Å². The standard InChI is InChI=1S/C19H14N6O3S/c26-18(12-1-4-14(5-2-12)25-11-20-23-24-25)22-19-21-15(10-29-19)13-3-6-16-17(9-13)28-8-7-27-16/h1-6,9-11H,7-8H2,(H,21,22,26). The fourth-order valence-corrected chi connectivity index (χ4v) is 3.60. The number of hydrogen-bond donors (Lipinski definition) is 1.